The molecule has 1 saturated heterocycles. The predicted octanol–water partition coefficient (Wildman–Crippen LogP) is 4.42. The molecule has 0 amide bonds. The SMILES string of the molecule is CCN1CC[C@@]2(c3cccc(O)c3)Cc3[nH]c(C(=S)N(CC)CC)c(C)c3C[C@@H]2C1. The molecule has 0 spiro atoms. The van der Waals surface area contributed by atoms with Gasteiger partial charge in [-0.1, -0.05) is 31.3 Å². The fraction of sp³-hybridized carbons (Fsp3) is 0.560. The summed E-state index contributed by atoms with van der Waals surface area (Å²) < 4.78 is 0. The number of likely N-dealkylation sites (tertiary alicyclic amines) is 1. The van der Waals surface area contributed by atoms with Crippen molar-refractivity contribution in [2.24, 2.45) is 5.92 Å². The number of fused-ring (bicyclic) bond motifs is 2. The third kappa shape index (κ3) is 3.46. The number of piperidine rings is 1. The van der Waals surface area contributed by atoms with Gasteiger partial charge in [0.2, 0.25) is 0 Å². The van der Waals surface area contributed by atoms with Crippen LogP contribution in [0.15, 0.2) is 24.3 Å². The van der Waals surface area contributed by atoms with Crippen LogP contribution in [0.5, 0.6) is 5.75 Å². The lowest BCUT2D eigenvalue weighted by Crippen LogP contribution is -2.53. The molecule has 1 fully saturated rings. The molecule has 0 radical (unpaired) electrons. The number of nitrogens with zero attached hydrogens (tertiary/aromatic N) is 2. The average molecular weight is 426 g/mol. The maximum Gasteiger partial charge on any atom is 0.125 e. The Labute approximate surface area is 186 Å². The molecular formula is C25H35N3OS. The Balaban J connectivity index is 1.77. The zero-order valence-electron chi connectivity index (χ0n) is 18.8. The lowest BCUT2D eigenvalue weighted by atomic mass is 9.58. The second-order valence-corrected chi connectivity index (χ2v) is 9.37. The normalized spacial score (nSPS) is 23.7. The van der Waals surface area contributed by atoms with E-state index in [1.54, 1.807) is 6.07 Å². The summed E-state index contributed by atoms with van der Waals surface area (Å²) in [7, 11) is 0. The van der Waals surface area contributed by atoms with Crippen molar-refractivity contribution in [1.29, 1.82) is 0 Å². The fourth-order valence-electron chi connectivity index (χ4n) is 5.79. The number of rotatable bonds is 5. The predicted molar refractivity (Wildman–Crippen MR) is 128 cm³/mol. The van der Waals surface area contributed by atoms with E-state index in [1.165, 1.54) is 22.4 Å². The van der Waals surface area contributed by atoms with Crippen molar-refractivity contribution in [1.82, 2.24) is 14.8 Å². The number of benzene rings is 1. The highest BCUT2D eigenvalue weighted by Crippen LogP contribution is 2.49. The fourth-order valence-corrected chi connectivity index (χ4v) is 6.25. The van der Waals surface area contributed by atoms with E-state index in [4.69, 9.17) is 12.2 Å². The first-order valence-corrected chi connectivity index (χ1v) is 11.9. The number of hydrogen-bond acceptors (Lipinski definition) is 3. The summed E-state index contributed by atoms with van der Waals surface area (Å²) >= 11 is 5.87. The van der Waals surface area contributed by atoms with Gasteiger partial charge in [0, 0.05) is 30.7 Å². The summed E-state index contributed by atoms with van der Waals surface area (Å²) in [6, 6.07) is 8.00. The minimum Gasteiger partial charge on any atom is -0.508 e. The van der Waals surface area contributed by atoms with E-state index in [1.807, 2.05) is 12.1 Å². The standard InChI is InChI=1S/C25H35N3OS/c1-5-27-12-11-25(18-9-8-10-20(29)13-18)15-22-21(14-19(25)16-27)17(4)23(26-22)24(30)28(6-2)7-3/h8-10,13,19,26,29H,5-7,11-12,14-16H2,1-4H3/t19-,25+/m1/s1. The van der Waals surface area contributed by atoms with Crippen molar-refractivity contribution in [2.45, 2.75) is 52.4 Å². The molecular weight excluding hydrogens is 390 g/mol. The second-order valence-electron chi connectivity index (χ2n) is 8.99. The first kappa shape index (κ1) is 21.4. The molecule has 0 unspecified atom stereocenters. The highest BCUT2D eigenvalue weighted by atomic mass is 32.1. The van der Waals surface area contributed by atoms with Crippen LogP contribution >= 0.6 is 12.2 Å². The second kappa shape index (κ2) is 8.35. The third-order valence-electron chi connectivity index (χ3n) is 7.68. The number of aromatic nitrogens is 1. The zero-order valence-corrected chi connectivity index (χ0v) is 19.6. The van der Waals surface area contributed by atoms with E-state index in [0.29, 0.717) is 11.7 Å². The maximum absolute atomic E-state index is 10.2. The molecule has 2 heterocycles. The highest BCUT2D eigenvalue weighted by molar-refractivity contribution is 7.80. The average Bonchev–Trinajstić information content (AvgIpc) is 3.07. The van der Waals surface area contributed by atoms with Crippen LogP contribution in [-0.2, 0) is 18.3 Å². The lowest BCUT2D eigenvalue weighted by Gasteiger charge is -2.51. The van der Waals surface area contributed by atoms with Gasteiger partial charge in [0.15, 0.2) is 0 Å². The number of phenolic OH excluding ortho intramolecular Hbond substituents is 1. The molecule has 1 aromatic heterocycles. The van der Waals surface area contributed by atoms with Crippen LogP contribution < -0.4 is 0 Å². The van der Waals surface area contributed by atoms with Gasteiger partial charge in [-0.15, -0.1) is 0 Å². The van der Waals surface area contributed by atoms with Crippen molar-refractivity contribution in [2.75, 3.05) is 32.7 Å². The van der Waals surface area contributed by atoms with Crippen LogP contribution in [0, 0.1) is 12.8 Å². The minimum atomic E-state index is 0.0722. The smallest absolute Gasteiger partial charge is 0.125 e. The Hall–Kier alpha value is -1.85. The summed E-state index contributed by atoms with van der Waals surface area (Å²) in [5.74, 6) is 0.917. The van der Waals surface area contributed by atoms with Crippen molar-refractivity contribution < 1.29 is 5.11 Å². The molecule has 0 bridgehead atoms. The van der Waals surface area contributed by atoms with Crippen LogP contribution in [-0.4, -0.2) is 57.6 Å². The third-order valence-corrected chi connectivity index (χ3v) is 8.14. The van der Waals surface area contributed by atoms with Gasteiger partial charge >= 0.3 is 0 Å². The molecule has 4 rings (SSSR count). The number of nitrogens with one attached hydrogen (secondary N) is 1. The van der Waals surface area contributed by atoms with Crippen LogP contribution in [0.3, 0.4) is 0 Å². The molecule has 1 aliphatic heterocycles. The molecule has 1 aromatic carbocycles. The largest absolute Gasteiger partial charge is 0.508 e. The molecule has 1 aliphatic carbocycles. The number of aromatic hydroxyl groups is 1. The van der Waals surface area contributed by atoms with Gasteiger partial charge in [0.25, 0.3) is 0 Å². The molecule has 4 nitrogen and oxygen atoms in total. The number of hydrogen-bond donors (Lipinski definition) is 2. The van der Waals surface area contributed by atoms with Gasteiger partial charge in [-0.2, -0.15) is 0 Å². The molecule has 2 atom stereocenters. The monoisotopic (exact) mass is 425 g/mol. The Kier molecular flexibility index (Phi) is 5.95. The summed E-state index contributed by atoms with van der Waals surface area (Å²) in [4.78, 5) is 9.54. The molecule has 162 valence electrons. The van der Waals surface area contributed by atoms with Gasteiger partial charge < -0.3 is 19.9 Å². The first-order valence-electron chi connectivity index (χ1n) is 11.4. The highest BCUT2D eigenvalue weighted by Gasteiger charge is 2.48. The Morgan fingerprint density at radius 2 is 2.07 bits per heavy atom. The van der Waals surface area contributed by atoms with E-state index in [2.05, 4.69) is 48.5 Å². The van der Waals surface area contributed by atoms with Crippen molar-refractivity contribution in [3.8, 4) is 5.75 Å². The lowest BCUT2D eigenvalue weighted by molar-refractivity contribution is 0.0849. The Morgan fingerprint density at radius 3 is 2.73 bits per heavy atom. The molecule has 2 aromatic rings. The van der Waals surface area contributed by atoms with Gasteiger partial charge in [-0.25, -0.2) is 0 Å². The van der Waals surface area contributed by atoms with Gasteiger partial charge in [-0.05, 0) is 87.9 Å². The van der Waals surface area contributed by atoms with Crippen molar-refractivity contribution in [3.05, 3.63) is 52.3 Å². The summed E-state index contributed by atoms with van der Waals surface area (Å²) in [6.45, 7) is 14.0. The molecule has 5 heteroatoms. The summed E-state index contributed by atoms with van der Waals surface area (Å²) in [5, 5.41) is 10.2. The Bertz CT molecular complexity index is 932. The van der Waals surface area contributed by atoms with Crippen LogP contribution in [0.4, 0.5) is 0 Å². The van der Waals surface area contributed by atoms with Crippen molar-refractivity contribution in [3.63, 3.8) is 0 Å². The minimum absolute atomic E-state index is 0.0722. The first-order chi connectivity index (χ1) is 14.4. The van der Waals surface area contributed by atoms with Crippen molar-refractivity contribution >= 4 is 17.2 Å². The number of aromatic amines is 1. The summed E-state index contributed by atoms with van der Waals surface area (Å²) in [5.41, 5.74) is 6.65. The molecule has 2 N–H and O–H groups in total. The van der Waals surface area contributed by atoms with Crippen LogP contribution in [0.1, 0.15) is 55.3 Å². The zero-order chi connectivity index (χ0) is 21.5. The van der Waals surface area contributed by atoms with Gasteiger partial charge in [-0.3, -0.25) is 0 Å². The van der Waals surface area contributed by atoms with Gasteiger partial charge in [0.1, 0.15) is 10.7 Å². The molecule has 0 saturated carbocycles. The van der Waals surface area contributed by atoms with E-state index >= 15 is 0 Å². The van der Waals surface area contributed by atoms with Gasteiger partial charge in [0.05, 0.1) is 5.69 Å². The van der Waals surface area contributed by atoms with Crippen LogP contribution in [0.2, 0.25) is 0 Å². The molecule has 2 aliphatic rings. The van der Waals surface area contributed by atoms with E-state index in [9.17, 15) is 5.11 Å². The number of thiocarbonyl (C=S) groups is 1. The van der Waals surface area contributed by atoms with Crippen LogP contribution in [0.25, 0.3) is 0 Å². The van der Waals surface area contributed by atoms with E-state index < -0.39 is 0 Å². The number of phenols is 1. The van der Waals surface area contributed by atoms with E-state index in [-0.39, 0.29) is 5.41 Å². The maximum atomic E-state index is 10.2. The molecule has 30 heavy (non-hydrogen) atoms. The summed E-state index contributed by atoms with van der Waals surface area (Å²) in [6.07, 6.45) is 3.20. The topological polar surface area (TPSA) is 42.5 Å². The number of H-pyrrole nitrogens is 1. The quantitative estimate of drug-likeness (QED) is 0.696. The Morgan fingerprint density at radius 1 is 1.30 bits per heavy atom. The van der Waals surface area contributed by atoms with E-state index in [0.717, 1.165) is 62.7 Å².